The Morgan fingerprint density at radius 2 is 1.14 bits per heavy atom. The van der Waals surface area contributed by atoms with Crippen LogP contribution in [0.1, 0.15) is 166 Å². The summed E-state index contributed by atoms with van der Waals surface area (Å²) in [5.41, 5.74) is 26.9. The molecular formula is C46H70N6S4. The summed E-state index contributed by atoms with van der Waals surface area (Å²) in [6, 6.07) is 4.86. The summed E-state index contributed by atoms with van der Waals surface area (Å²) in [4.78, 5) is 8.54. The number of fused-ring (bicyclic) bond motifs is 4. The van der Waals surface area contributed by atoms with Crippen LogP contribution in [0, 0.1) is 0 Å². The first kappa shape index (κ1) is 47.6. The van der Waals surface area contributed by atoms with Crippen LogP contribution in [0.5, 0.6) is 0 Å². The predicted octanol–water partition coefficient (Wildman–Crippen LogP) is 13.4. The zero-order valence-electron chi connectivity index (χ0n) is 36.0. The van der Waals surface area contributed by atoms with Crippen LogP contribution < -0.4 is 16.6 Å². The Kier molecular flexibility index (Phi) is 20.1. The molecule has 0 saturated heterocycles. The number of hydrogen-bond donors (Lipinski definition) is 3. The number of aryl methyl sites for hydroxylation is 4. The first-order valence-corrected chi connectivity index (χ1v) is 23.9. The fraction of sp³-hybridized carbons (Fsp3) is 0.522. The Bertz CT molecular complexity index is 1760. The van der Waals surface area contributed by atoms with E-state index in [1.807, 2.05) is 44.5 Å². The number of thiazole rings is 2. The van der Waals surface area contributed by atoms with E-state index in [9.17, 15) is 0 Å². The average Bonchev–Trinajstić information content (AvgIpc) is 4.04. The summed E-state index contributed by atoms with van der Waals surface area (Å²) in [5, 5.41) is 7.70. The Balaban J connectivity index is 0.000000194. The second kappa shape index (κ2) is 23.6. The minimum atomic E-state index is 0.519. The summed E-state index contributed by atoms with van der Waals surface area (Å²) in [6.07, 6.45) is 19.9. The molecule has 2 unspecified atom stereocenters. The molecule has 308 valence electrons. The van der Waals surface area contributed by atoms with Gasteiger partial charge in [0.2, 0.25) is 0 Å². The zero-order chi connectivity index (χ0) is 41.5. The van der Waals surface area contributed by atoms with E-state index in [1.54, 1.807) is 46.9 Å². The standard InChI is InChI=1S/2C13H17N.C9H14N2S2.C6H10N2S2.C3H6.C2H6/c2*1-8-5-6-10-7-9-3-2-4-11(9)13(14)12(8)10;1-5-11(4)13-8-6-10-9(12-8)7(2)3;1-4(2)6-8-3-5(9-6)10-7;1-3-2;1-2/h2*7-8H,2-6,14H2,1H3;5-7H,1H2,2-4H3;3-4H,7H2,1-2H3;3H,1H2,2H3;1-2H3. The predicted molar refractivity (Wildman–Crippen MR) is 253 cm³/mol. The van der Waals surface area contributed by atoms with Crippen molar-refractivity contribution in [3.63, 3.8) is 0 Å². The molecule has 6 N–H and O–H groups in total. The molecule has 6 nitrogen and oxygen atoms in total. The van der Waals surface area contributed by atoms with Gasteiger partial charge in [-0.15, -0.1) is 29.3 Å². The van der Waals surface area contributed by atoms with E-state index in [0.717, 1.165) is 20.6 Å². The van der Waals surface area contributed by atoms with Crippen molar-refractivity contribution >= 4 is 57.9 Å². The summed E-state index contributed by atoms with van der Waals surface area (Å²) in [5.74, 6) is 2.42. The normalized spacial score (nSPS) is 16.5. The Labute approximate surface area is 356 Å². The van der Waals surface area contributed by atoms with E-state index in [-0.39, 0.29) is 0 Å². The summed E-state index contributed by atoms with van der Waals surface area (Å²) < 4.78 is 4.27. The van der Waals surface area contributed by atoms with E-state index in [4.69, 9.17) is 16.6 Å². The third-order valence-corrected chi connectivity index (χ3v) is 14.7. The van der Waals surface area contributed by atoms with Crippen molar-refractivity contribution in [3.8, 4) is 0 Å². The van der Waals surface area contributed by atoms with E-state index in [0.29, 0.717) is 23.7 Å². The number of aromatic nitrogens is 2. The van der Waals surface area contributed by atoms with Crippen LogP contribution in [-0.2, 0) is 38.5 Å². The number of hydrogen-bond acceptors (Lipinski definition) is 10. The van der Waals surface area contributed by atoms with Gasteiger partial charge in [0.05, 0.1) is 26.6 Å². The lowest BCUT2D eigenvalue weighted by atomic mass is 9.95. The molecule has 2 aromatic heterocycles. The zero-order valence-corrected chi connectivity index (χ0v) is 39.2. The average molecular weight is 835 g/mol. The van der Waals surface area contributed by atoms with Gasteiger partial charge in [-0.05, 0) is 151 Å². The van der Waals surface area contributed by atoms with Crippen LogP contribution in [-0.4, -0.2) is 21.3 Å². The maximum atomic E-state index is 6.28. The van der Waals surface area contributed by atoms with Crippen LogP contribution >= 0.6 is 46.6 Å². The molecule has 0 aliphatic heterocycles. The van der Waals surface area contributed by atoms with Crippen LogP contribution in [0.2, 0.25) is 0 Å². The number of benzene rings is 2. The molecule has 2 aromatic carbocycles. The van der Waals surface area contributed by atoms with Crippen molar-refractivity contribution in [2.24, 2.45) is 5.14 Å². The van der Waals surface area contributed by atoms with Crippen molar-refractivity contribution < 1.29 is 0 Å². The summed E-state index contributed by atoms with van der Waals surface area (Å²) in [6.45, 7) is 26.1. The molecule has 0 bridgehead atoms. The smallest absolute Gasteiger partial charge is 0.101 e. The molecule has 0 saturated carbocycles. The second-order valence-corrected chi connectivity index (χ2v) is 19.8. The molecule has 0 fully saturated rings. The van der Waals surface area contributed by atoms with Gasteiger partial charge in [0.15, 0.2) is 0 Å². The van der Waals surface area contributed by atoms with Crippen molar-refractivity contribution in [3.05, 3.63) is 104 Å². The number of rotatable bonds is 6. The number of nitrogen functional groups attached to an aromatic ring is 2. The van der Waals surface area contributed by atoms with Crippen molar-refractivity contribution in [2.45, 2.75) is 159 Å². The topological polar surface area (TPSA) is 107 Å². The van der Waals surface area contributed by atoms with Gasteiger partial charge in [0.25, 0.3) is 0 Å². The van der Waals surface area contributed by atoms with Gasteiger partial charge in [-0.2, -0.15) is 0 Å². The molecule has 0 radical (unpaired) electrons. The van der Waals surface area contributed by atoms with Gasteiger partial charge in [-0.25, -0.2) is 9.97 Å². The summed E-state index contributed by atoms with van der Waals surface area (Å²) >= 11 is 6.33. The molecule has 2 atom stereocenters. The van der Waals surface area contributed by atoms with Crippen LogP contribution in [0.15, 0.2) is 58.4 Å². The molecule has 10 heteroatoms. The minimum absolute atomic E-state index is 0.519. The van der Waals surface area contributed by atoms with E-state index < -0.39 is 0 Å². The number of allylic oxidation sites excluding steroid dienone is 1. The SMILES string of the molecule is C=CC.C=CN(C)Sc1cnc(C(C)C)s1.CC.CC(C)c1ncc(SN)s1.CC1CCc2cc3c(c(N)c21)CCC3.CC1CCc2cc3c(c(N)c21)CCC3. The number of nitrogens with zero attached hydrogens (tertiary/aromatic N) is 3. The maximum absolute atomic E-state index is 6.28. The highest BCUT2D eigenvalue weighted by molar-refractivity contribution is 7.99. The highest BCUT2D eigenvalue weighted by Gasteiger charge is 2.27. The van der Waals surface area contributed by atoms with Gasteiger partial charge < -0.3 is 15.8 Å². The fourth-order valence-electron chi connectivity index (χ4n) is 7.68. The molecule has 56 heavy (non-hydrogen) atoms. The second-order valence-electron chi connectivity index (χ2n) is 15.3. The molecule has 0 spiro atoms. The van der Waals surface area contributed by atoms with Crippen molar-refractivity contribution in [1.82, 2.24) is 14.3 Å². The molecule has 4 aromatic rings. The molecule has 2 heterocycles. The monoisotopic (exact) mass is 834 g/mol. The molecule has 8 rings (SSSR count). The molecule has 0 amide bonds. The van der Waals surface area contributed by atoms with Crippen LogP contribution in [0.25, 0.3) is 0 Å². The maximum Gasteiger partial charge on any atom is 0.101 e. The van der Waals surface area contributed by atoms with Crippen LogP contribution in [0.4, 0.5) is 11.4 Å². The Morgan fingerprint density at radius 1 is 0.732 bits per heavy atom. The van der Waals surface area contributed by atoms with Gasteiger partial charge in [0, 0.05) is 36.5 Å². The third kappa shape index (κ3) is 12.6. The Hall–Kier alpha value is -2.76. The van der Waals surface area contributed by atoms with Crippen LogP contribution in [0.3, 0.4) is 0 Å². The van der Waals surface area contributed by atoms with Gasteiger partial charge >= 0.3 is 0 Å². The lowest BCUT2D eigenvalue weighted by Crippen LogP contribution is -2.01. The third-order valence-electron chi connectivity index (χ3n) is 10.4. The number of nitrogens with two attached hydrogens (primary N) is 3. The van der Waals surface area contributed by atoms with Gasteiger partial charge in [0.1, 0.15) is 4.21 Å². The molecule has 4 aliphatic carbocycles. The first-order valence-electron chi connectivity index (χ1n) is 20.6. The number of anilines is 2. The van der Waals surface area contributed by atoms with E-state index in [1.165, 1.54) is 130 Å². The van der Waals surface area contributed by atoms with Crippen molar-refractivity contribution in [2.75, 3.05) is 18.5 Å². The van der Waals surface area contributed by atoms with E-state index in [2.05, 4.69) is 76.8 Å². The highest BCUT2D eigenvalue weighted by atomic mass is 32.2. The van der Waals surface area contributed by atoms with E-state index >= 15 is 0 Å². The minimum Gasteiger partial charge on any atom is -0.398 e. The molecule has 4 aliphatic rings. The quantitative estimate of drug-likeness (QED) is 0.100. The molecular weight excluding hydrogens is 765 g/mol. The first-order chi connectivity index (χ1) is 26.8. The van der Waals surface area contributed by atoms with Gasteiger partial charge in [-0.1, -0.05) is 80.2 Å². The fourth-order valence-corrected chi connectivity index (χ4v) is 10.8. The lowest BCUT2D eigenvalue weighted by Gasteiger charge is -2.13. The highest BCUT2D eigenvalue weighted by Crippen LogP contribution is 2.43. The Morgan fingerprint density at radius 3 is 1.50 bits per heavy atom. The summed E-state index contributed by atoms with van der Waals surface area (Å²) in [7, 11) is 1.98. The lowest BCUT2D eigenvalue weighted by molar-refractivity contribution is 0.748. The van der Waals surface area contributed by atoms with Gasteiger partial charge in [-0.3, -0.25) is 5.14 Å². The largest absolute Gasteiger partial charge is 0.398 e. The van der Waals surface area contributed by atoms with Crippen molar-refractivity contribution in [1.29, 1.82) is 0 Å².